The summed E-state index contributed by atoms with van der Waals surface area (Å²) >= 11 is 0. The highest BCUT2D eigenvalue weighted by Crippen LogP contribution is 2.07. The summed E-state index contributed by atoms with van der Waals surface area (Å²) in [6.07, 6.45) is 7.50. The summed E-state index contributed by atoms with van der Waals surface area (Å²) in [5.41, 5.74) is 2.48. The maximum absolute atomic E-state index is 4.53. The molecule has 1 aliphatic carbocycles. The number of hydrogen-bond donors (Lipinski definition) is 2. The average molecular weight is 214 g/mol. The van der Waals surface area contributed by atoms with E-state index in [1.54, 1.807) is 0 Å². The molecule has 78 valence electrons. The molecule has 0 unspecified atom stereocenters. The summed E-state index contributed by atoms with van der Waals surface area (Å²) in [6.45, 7) is 4.14. The Bertz CT molecular complexity index is 275. The maximum atomic E-state index is 4.53. The first-order valence-corrected chi connectivity index (χ1v) is 4.73. The first kappa shape index (κ1) is 11.4. The standard InChI is InChI=1S/C10H15N3.ClH/c1-8-2-4-9(5-3-8)13-10-11-6-7-12-10;/h2-4,10-12H,5-7H2,1H3;1H/b13-9+;. The molecule has 3 nitrogen and oxygen atoms in total. The highest BCUT2D eigenvalue weighted by molar-refractivity contribution is 5.97. The fraction of sp³-hybridized carbons (Fsp3) is 0.500. The zero-order valence-electron chi connectivity index (χ0n) is 8.29. The molecule has 0 aromatic carbocycles. The Balaban J connectivity index is 0.000000980. The van der Waals surface area contributed by atoms with Gasteiger partial charge in [-0.1, -0.05) is 17.7 Å². The fourth-order valence-electron chi connectivity index (χ4n) is 1.47. The molecular weight excluding hydrogens is 198 g/mol. The minimum Gasteiger partial charge on any atom is -0.282 e. The quantitative estimate of drug-likeness (QED) is 0.688. The molecule has 1 saturated heterocycles. The zero-order chi connectivity index (χ0) is 9.10. The van der Waals surface area contributed by atoms with E-state index in [9.17, 15) is 0 Å². The van der Waals surface area contributed by atoms with Gasteiger partial charge in [-0.15, -0.1) is 12.4 Å². The van der Waals surface area contributed by atoms with Crippen LogP contribution in [0.3, 0.4) is 0 Å². The highest BCUT2D eigenvalue weighted by atomic mass is 35.5. The van der Waals surface area contributed by atoms with Crippen molar-refractivity contribution in [1.29, 1.82) is 0 Å². The molecule has 1 aliphatic heterocycles. The van der Waals surface area contributed by atoms with Crippen LogP contribution in [0.2, 0.25) is 0 Å². The molecule has 0 radical (unpaired) electrons. The number of halogens is 1. The highest BCUT2D eigenvalue weighted by Gasteiger charge is 2.11. The van der Waals surface area contributed by atoms with Crippen LogP contribution in [0, 0.1) is 0 Å². The molecule has 1 heterocycles. The van der Waals surface area contributed by atoms with Crippen LogP contribution in [-0.2, 0) is 0 Å². The van der Waals surface area contributed by atoms with Gasteiger partial charge < -0.3 is 0 Å². The predicted molar refractivity (Wildman–Crippen MR) is 62.0 cm³/mol. The number of aliphatic imine (C=N–C) groups is 1. The lowest BCUT2D eigenvalue weighted by Crippen LogP contribution is -2.29. The van der Waals surface area contributed by atoms with Crippen molar-refractivity contribution in [2.45, 2.75) is 19.6 Å². The van der Waals surface area contributed by atoms with Crippen molar-refractivity contribution in [3.05, 3.63) is 23.8 Å². The van der Waals surface area contributed by atoms with E-state index in [-0.39, 0.29) is 18.7 Å². The zero-order valence-corrected chi connectivity index (χ0v) is 9.10. The molecule has 2 aliphatic rings. The van der Waals surface area contributed by atoms with Crippen LogP contribution < -0.4 is 10.6 Å². The van der Waals surface area contributed by atoms with Crippen molar-refractivity contribution in [3.8, 4) is 0 Å². The Hall–Kier alpha value is -0.640. The number of rotatable bonds is 1. The summed E-state index contributed by atoms with van der Waals surface area (Å²) < 4.78 is 0. The van der Waals surface area contributed by atoms with Gasteiger partial charge in [0, 0.05) is 25.2 Å². The van der Waals surface area contributed by atoms with Gasteiger partial charge in [0.2, 0.25) is 0 Å². The molecule has 0 amide bonds. The van der Waals surface area contributed by atoms with Crippen LogP contribution in [0.25, 0.3) is 0 Å². The molecular formula is C10H16ClN3. The molecule has 1 fully saturated rings. The second-order valence-electron chi connectivity index (χ2n) is 3.42. The second-order valence-corrected chi connectivity index (χ2v) is 3.42. The Morgan fingerprint density at radius 2 is 2.00 bits per heavy atom. The smallest absolute Gasteiger partial charge is 0.153 e. The molecule has 0 aromatic rings. The van der Waals surface area contributed by atoms with E-state index in [4.69, 9.17) is 0 Å². The summed E-state index contributed by atoms with van der Waals surface area (Å²) in [4.78, 5) is 4.53. The van der Waals surface area contributed by atoms with Crippen LogP contribution >= 0.6 is 12.4 Å². The molecule has 4 heteroatoms. The van der Waals surface area contributed by atoms with E-state index < -0.39 is 0 Å². The lowest BCUT2D eigenvalue weighted by atomic mass is 10.1. The molecule has 0 spiro atoms. The van der Waals surface area contributed by atoms with Crippen molar-refractivity contribution >= 4 is 18.1 Å². The number of nitrogens with one attached hydrogen (secondary N) is 2. The number of hydrogen-bond acceptors (Lipinski definition) is 3. The van der Waals surface area contributed by atoms with Crippen molar-refractivity contribution < 1.29 is 0 Å². The van der Waals surface area contributed by atoms with Gasteiger partial charge in [-0.25, -0.2) is 0 Å². The third-order valence-corrected chi connectivity index (χ3v) is 2.27. The van der Waals surface area contributed by atoms with Crippen molar-refractivity contribution in [1.82, 2.24) is 10.6 Å². The van der Waals surface area contributed by atoms with Gasteiger partial charge in [0.1, 0.15) is 0 Å². The maximum Gasteiger partial charge on any atom is 0.153 e. The predicted octanol–water partition coefficient (Wildman–Crippen LogP) is 1.23. The van der Waals surface area contributed by atoms with Crippen molar-refractivity contribution in [2.24, 2.45) is 4.99 Å². The van der Waals surface area contributed by atoms with Gasteiger partial charge in [0.25, 0.3) is 0 Å². The normalized spacial score (nSPS) is 24.9. The lowest BCUT2D eigenvalue weighted by molar-refractivity contribution is 0.580. The summed E-state index contributed by atoms with van der Waals surface area (Å²) in [5, 5.41) is 6.52. The number of allylic oxidation sites excluding steroid dienone is 4. The first-order valence-electron chi connectivity index (χ1n) is 4.73. The van der Waals surface area contributed by atoms with Crippen molar-refractivity contribution in [3.63, 3.8) is 0 Å². The first-order chi connectivity index (χ1) is 6.34. The van der Waals surface area contributed by atoms with E-state index in [0.29, 0.717) is 0 Å². The van der Waals surface area contributed by atoms with Gasteiger partial charge >= 0.3 is 0 Å². The lowest BCUT2D eigenvalue weighted by Gasteiger charge is -2.09. The van der Waals surface area contributed by atoms with Crippen molar-refractivity contribution in [2.75, 3.05) is 13.1 Å². The van der Waals surface area contributed by atoms with Crippen LogP contribution in [0.5, 0.6) is 0 Å². The molecule has 0 aromatic heterocycles. The molecule has 2 rings (SSSR count). The average Bonchev–Trinajstić information content (AvgIpc) is 2.62. The molecule has 0 atom stereocenters. The monoisotopic (exact) mass is 213 g/mol. The van der Waals surface area contributed by atoms with E-state index in [1.165, 1.54) is 5.57 Å². The largest absolute Gasteiger partial charge is 0.282 e. The van der Waals surface area contributed by atoms with Gasteiger partial charge in [-0.3, -0.25) is 15.6 Å². The number of nitrogens with zero attached hydrogens (tertiary/aromatic N) is 1. The Morgan fingerprint density at radius 3 is 2.57 bits per heavy atom. The molecule has 0 saturated carbocycles. The van der Waals surface area contributed by atoms with Crippen LogP contribution in [0.4, 0.5) is 0 Å². The van der Waals surface area contributed by atoms with E-state index in [2.05, 4.69) is 40.8 Å². The summed E-state index contributed by atoms with van der Waals surface area (Å²) in [7, 11) is 0. The third-order valence-electron chi connectivity index (χ3n) is 2.27. The SMILES string of the molecule is CC1=CC/C(=N/C2NCCN2)C=C1.Cl. The Kier molecular flexibility index (Phi) is 4.32. The van der Waals surface area contributed by atoms with Gasteiger partial charge in [-0.2, -0.15) is 0 Å². The Morgan fingerprint density at radius 1 is 1.29 bits per heavy atom. The third kappa shape index (κ3) is 2.94. The van der Waals surface area contributed by atoms with Crippen LogP contribution in [-0.4, -0.2) is 25.1 Å². The topological polar surface area (TPSA) is 36.4 Å². The Labute approximate surface area is 90.8 Å². The van der Waals surface area contributed by atoms with E-state index in [0.717, 1.165) is 25.2 Å². The second kappa shape index (κ2) is 5.29. The molecule has 0 bridgehead atoms. The minimum atomic E-state index is 0. The fourth-order valence-corrected chi connectivity index (χ4v) is 1.47. The molecule has 14 heavy (non-hydrogen) atoms. The van der Waals surface area contributed by atoms with Crippen LogP contribution in [0.15, 0.2) is 28.8 Å². The van der Waals surface area contributed by atoms with Gasteiger partial charge in [0.15, 0.2) is 6.29 Å². The van der Waals surface area contributed by atoms with E-state index in [1.807, 2.05) is 0 Å². The summed E-state index contributed by atoms with van der Waals surface area (Å²) in [6, 6.07) is 0. The van der Waals surface area contributed by atoms with Gasteiger partial charge in [0.05, 0.1) is 0 Å². The van der Waals surface area contributed by atoms with E-state index >= 15 is 0 Å². The van der Waals surface area contributed by atoms with Gasteiger partial charge in [-0.05, 0) is 13.0 Å². The molecule has 2 N–H and O–H groups in total. The van der Waals surface area contributed by atoms with Crippen LogP contribution in [0.1, 0.15) is 13.3 Å². The minimum absolute atomic E-state index is 0. The summed E-state index contributed by atoms with van der Waals surface area (Å²) in [5.74, 6) is 0.